The third-order valence-corrected chi connectivity index (χ3v) is 4.09. The zero-order valence-electron chi connectivity index (χ0n) is 13.9. The molecule has 5 heteroatoms. The minimum absolute atomic E-state index is 0.163. The molecule has 0 aromatic heterocycles. The van der Waals surface area contributed by atoms with E-state index in [0.717, 1.165) is 35.5 Å². The summed E-state index contributed by atoms with van der Waals surface area (Å²) >= 11 is 0. The van der Waals surface area contributed by atoms with Crippen molar-refractivity contribution >= 4 is 29.0 Å². The van der Waals surface area contributed by atoms with Crippen LogP contribution in [-0.4, -0.2) is 18.5 Å². The average molecular weight is 323 g/mol. The van der Waals surface area contributed by atoms with Crippen molar-refractivity contribution < 1.29 is 9.59 Å². The fourth-order valence-electron chi connectivity index (χ4n) is 2.96. The maximum Gasteiger partial charge on any atom is 0.323 e. The second-order valence-electron chi connectivity index (χ2n) is 6.10. The van der Waals surface area contributed by atoms with E-state index < -0.39 is 0 Å². The van der Waals surface area contributed by atoms with Gasteiger partial charge in [-0.15, -0.1) is 0 Å². The number of anilines is 3. The van der Waals surface area contributed by atoms with Crippen LogP contribution in [0, 0.1) is 13.8 Å². The molecule has 0 bridgehead atoms. The van der Waals surface area contributed by atoms with Crippen LogP contribution in [-0.2, 0) is 4.79 Å². The minimum atomic E-state index is -0.287. The Bertz CT molecular complexity index is 786. The van der Waals surface area contributed by atoms with Crippen LogP contribution < -0.4 is 15.5 Å². The second kappa shape index (κ2) is 6.74. The summed E-state index contributed by atoms with van der Waals surface area (Å²) in [5, 5.41) is 5.64. The van der Waals surface area contributed by atoms with Gasteiger partial charge in [-0.05, 0) is 61.7 Å². The summed E-state index contributed by atoms with van der Waals surface area (Å²) in [6.07, 6.45) is 1.51. The standard InChI is InChI=1S/C19H21N3O2/c1-13-5-3-6-15(11-13)20-19(24)21-16-8-9-17(14(2)12-16)22-10-4-7-18(22)23/h3,5-6,8-9,11-12H,4,7,10H2,1-2H3,(H2,20,21,24). The van der Waals surface area contributed by atoms with E-state index in [2.05, 4.69) is 10.6 Å². The van der Waals surface area contributed by atoms with Gasteiger partial charge in [-0.3, -0.25) is 4.79 Å². The molecule has 5 nitrogen and oxygen atoms in total. The van der Waals surface area contributed by atoms with Crippen molar-refractivity contribution in [3.05, 3.63) is 53.6 Å². The first-order chi connectivity index (χ1) is 11.5. The Hall–Kier alpha value is -2.82. The lowest BCUT2D eigenvalue weighted by Crippen LogP contribution is -2.24. The molecule has 0 radical (unpaired) electrons. The number of urea groups is 1. The lowest BCUT2D eigenvalue weighted by Gasteiger charge is -2.19. The minimum Gasteiger partial charge on any atom is -0.312 e. The van der Waals surface area contributed by atoms with E-state index in [4.69, 9.17) is 0 Å². The lowest BCUT2D eigenvalue weighted by atomic mass is 10.1. The van der Waals surface area contributed by atoms with Crippen LogP contribution in [0.1, 0.15) is 24.0 Å². The van der Waals surface area contributed by atoms with E-state index in [1.165, 1.54) is 0 Å². The number of hydrogen-bond donors (Lipinski definition) is 2. The lowest BCUT2D eigenvalue weighted by molar-refractivity contribution is -0.117. The van der Waals surface area contributed by atoms with Gasteiger partial charge in [0, 0.05) is 30.0 Å². The Balaban J connectivity index is 1.68. The first kappa shape index (κ1) is 16.1. The topological polar surface area (TPSA) is 61.4 Å². The predicted molar refractivity (Wildman–Crippen MR) is 96.6 cm³/mol. The van der Waals surface area contributed by atoms with Crippen LogP contribution in [0.15, 0.2) is 42.5 Å². The summed E-state index contributed by atoms with van der Waals surface area (Å²) in [7, 11) is 0. The smallest absolute Gasteiger partial charge is 0.312 e. The Morgan fingerprint density at radius 3 is 2.42 bits per heavy atom. The highest BCUT2D eigenvalue weighted by molar-refractivity contribution is 6.00. The maximum absolute atomic E-state index is 12.1. The average Bonchev–Trinajstić information content (AvgIpc) is 2.93. The normalized spacial score (nSPS) is 13.9. The van der Waals surface area contributed by atoms with Gasteiger partial charge in [0.2, 0.25) is 5.91 Å². The quantitative estimate of drug-likeness (QED) is 0.894. The number of carbonyl (C=O) groups is 2. The number of hydrogen-bond acceptors (Lipinski definition) is 2. The summed E-state index contributed by atoms with van der Waals surface area (Å²) in [6.45, 7) is 4.69. The van der Waals surface area contributed by atoms with Gasteiger partial charge in [0.1, 0.15) is 0 Å². The Morgan fingerprint density at radius 2 is 1.79 bits per heavy atom. The van der Waals surface area contributed by atoms with Crippen LogP contribution in [0.2, 0.25) is 0 Å². The van der Waals surface area contributed by atoms with Crippen LogP contribution in [0.25, 0.3) is 0 Å². The molecule has 1 fully saturated rings. The van der Waals surface area contributed by atoms with E-state index in [1.54, 1.807) is 0 Å². The highest BCUT2D eigenvalue weighted by atomic mass is 16.2. The van der Waals surface area contributed by atoms with Gasteiger partial charge >= 0.3 is 6.03 Å². The van der Waals surface area contributed by atoms with Gasteiger partial charge in [-0.25, -0.2) is 4.79 Å². The number of aryl methyl sites for hydroxylation is 2. The number of benzene rings is 2. The van der Waals surface area contributed by atoms with Gasteiger partial charge in [0.25, 0.3) is 0 Å². The van der Waals surface area contributed by atoms with Crippen molar-refractivity contribution in [3.8, 4) is 0 Å². The van der Waals surface area contributed by atoms with E-state index >= 15 is 0 Å². The number of nitrogens with zero attached hydrogens (tertiary/aromatic N) is 1. The molecule has 0 aliphatic carbocycles. The van der Waals surface area contributed by atoms with Gasteiger partial charge in [-0.2, -0.15) is 0 Å². The third-order valence-electron chi connectivity index (χ3n) is 4.09. The Labute approximate surface area is 141 Å². The summed E-state index contributed by atoms with van der Waals surface area (Å²) in [6, 6.07) is 12.9. The van der Waals surface area contributed by atoms with Gasteiger partial charge in [0.05, 0.1) is 0 Å². The van der Waals surface area contributed by atoms with Gasteiger partial charge < -0.3 is 15.5 Å². The van der Waals surface area contributed by atoms with E-state index in [-0.39, 0.29) is 11.9 Å². The molecule has 1 saturated heterocycles. The first-order valence-electron chi connectivity index (χ1n) is 8.08. The molecule has 2 aromatic carbocycles. The first-order valence-corrected chi connectivity index (χ1v) is 8.08. The fraction of sp³-hybridized carbons (Fsp3) is 0.263. The SMILES string of the molecule is Cc1cccc(NC(=O)Nc2ccc(N3CCCC3=O)c(C)c2)c1. The van der Waals surface area contributed by atoms with E-state index in [9.17, 15) is 9.59 Å². The second-order valence-corrected chi connectivity index (χ2v) is 6.10. The van der Waals surface area contributed by atoms with Crippen LogP contribution in [0.3, 0.4) is 0 Å². The molecule has 3 amide bonds. The highest BCUT2D eigenvalue weighted by Gasteiger charge is 2.22. The molecule has 2 aromatic rings. The zero-order valence-corrected chi connectivity index (χ0v) is 13.9. The summed E-state index contributed by atoms with van der Waals surface area (Å²) in [4.78, 5) is 25.8. The Morgan fingerprint density at radius 1 is 1.04 bits per heavy atom. The molecule has 1 heterocycles. The summed E-state index contributed by atoms with van der Waals surface area (Å²) in [5.41, 5.74) is 4.43. The maximum atomic E-state index is 12.1. The molecule has 3 rings (SSSR count). The molecular weight excluding hydrogens is 302 g/mol. The molecule has 24 heavy (non-hydrogen) atoms. The third kappa shape index (κ3) is 3.56. The number of carbonyl (C=O) groups excluding carboxylic acids is 2. The number of nitrogens with one attached hydrogen (secondary N) is 2. The molecule has 0 spiro atoms. The van der Waals surface area contributed by atoms with Crippen LogP contribution in [0.4, 0.5) is 21.9 Å². The molecule has 1 aliphatic heterocycles. The molecule has 124 valence electrons. The predicted octanol–water partition coefficient (Wildman–Crippen LogP) is 4.07. The monoisotopic (exact) mass is 323 g/mol. The number of rotatable bonds is 3. The molecule has 0 atom stereocenters. The zero-order chi connectivity index (χ0) is 17.1. The van der Waals surface area contributed by atoms with Crippen molar-refractivity contribution in [2.75, 3.05) is 22.1 Å². The van der Waals surface area contributed by atoms with E-state index in [0.29, 0.717) is 12.1 Å². The largest absolute Gasteiger partial charge is 0.323 e. The van der Waals surface area contributed by atoms with Crippen molar-refractivity contribution in [2.24, 2.45) is 0 Å². The van der Waals surface area contributed by atoms with Crippen LogP contribution >= 0.6 is 0 Å². The van der Waals surface area contributed by atoms with Gasteiger partial charge in [0.15, 0.2) is 0 Å². The fourth-order valence-corrected chi connectivity index (χ4v) is 2.96. The summed E-state index contributed by atoms with van der Waals surface area (Å²) < 4.78 is 0. The van der Waals surface area contributed by atoms with Crippen LogP contribution in [0.5, 0.6) is 0 Å². The van der Waals surface area contributed by atoms with Crippen molar-refractivity contribution in [3.63, 3.8) is 0 Å². The highest BCUT2D eigenvalue weighted by Crippen LogP contribution is 2.27. The van der Waals surface area contributed by atoms with Crippen molar-refractivity contribution in [1.29, 1.82) is 0 Å². The number of amides is 3. The Kier molecular flexibility index (Phi) is 4.51. The molecular formula is C19H21N3O2. The van der Waals surface area contributed by atoms with Crippen molar-refractivity contribution in [2.45, 2.75) is 26.7 Å². The van der Waals surface area contributed by atoms with Crippen molar-refractivity contribution in [1.82, 2.24) is 0 Å². The van der Waals surface area contributed by atoms with E-state index in [1.807, 2.05) is 61.2 Å². The molecule has 2 N–H and O–H groups in total. The molecule has 0 unspecified atom stereocenters. The molecule has 1 aliphatic rings. The van der Waals surface area contributed by atoms with Gasteiger partial charge in [-0.1, -0.05) is 12.1 Å². The summed E-state index contributed by atoms with van der Waals surface area (Å²) in [5.74, 6) is 0.163. The molecule has 0 saturated carbocycles.